The van der Waals surface area contributed by atoms with Gasteiger partial charge in [-0.05, 0) is 56.1 Å². The topological polar surface area (TPSA) is 35.6 Å². The number of carbonyl (C=O) groups excluding carboxylic acids is 1. The molecule has 4 heteroatoms. The largest absolute Gasteiger partial charge is 0.326 e. The van der Waals surface area contributed by atoms with Crippen LogP contribution in [-0.2, 0) is 17.8 Å². The summed E-state index contributed by atoms with van der Waals surface area (Å²) in [6.45, 7) is 5.97. The summed E-state index contributed by atoms with van der Waals surface area (Å²) >= 11 is 0. The van der Waals surface area contributed by atoms with E-state index >= 15 is 0 Å². The second-order valence-electron chi connectivity index (χ2n) is 7.63. The van der Waals surface area contributed by atoms with Crippen LogP contribution in [0.2, 0.25) is 0 Å². The Morgan fingerprint density at radius 1 is 1.11 bits per heavy atom. The maximum Gasteiger partial charge on any atom is 0.221 e. The van der Waals surface area contributed by atoms with Gasteiger partial charge in [0.2, 0.25) is 5.91 Å². The Balaban J connectivity index is 1.49. The van der Waals surface area contributed by atoms with Gasteiger partial charge in [-0.2, -0.15) is 0 Å². The molecule has 1 amide bonds. The van der Waals surface area contributed by atoms with Gasteiger partial charge in [-0.3, -0.25) is 9.69 Å². The van der Waals surface area contributed by atoms with Crippen molar-refractivity contribution in [3.05, 3.63) is 65.7 Å². The highest BCUT2D eigenvalue weighted by Gasteiger charge is 2.23. The molecule has 0 unspecified atom stereocenters. The highest BCUT2D eigenvalue weighted by Crippen LogP contribution is 2.18. The predicted molar refractivity (Wildman–Crippen MR) is 112 cm³/mol. The predicted octanol–water partition coefficient (Wildman–Crippen LogP) is 3.78. The third-order valence-corrected chi connectivity index (χ3v) is 5.37. The van der Waals surface area contributed by atoms with Crippen molar-refractivity contribution in [1.29, 1.82) is 0 Å². The van der Waals surface area contributed by atoms with Gasteiger partial charge in [0.25, 0.3) is 0 Å². The lowest BCUT2D eigenvalue weighted by atomic mass is 10.0. The van der Waals surface area contributed by atoms with Crippen molar-refractivity contribution in [2.45, 2.75) is 38.8 Å². The van der Waals surface area contributed by atoms with Crippen molar-refractivity contribution < 1.29 is 4.79 Å². The van der Waals surface area contributed by atoms with Crippen molar-refractivity contribution in [3.8, 4) is 0 Å². The Kier molecular flexibility index (Phi) is 7.02. The molecule has 2 aromatic rings. The van der Waals surface area contributed by atoms with Crippen LogP contribution in [0.3, 0.4) is 0 Å². The van der Waals surface area contributed by atoms with E-state index in [2.05, 4.69) is 64.6 Å². The van der Waals surface area contributed by atoms with Gasteiger partial charge in [-0.15, -0.1) is 0 Å². The second-order valence-corrected chi connectivity index (χ2v) is 7.63. The van der Waals surface area contributed by atoms with Gasteiger partial charge < -0.3 is 10.2 Å². The number of hydrogen-bond acceptors (Lipinski definition) is 3. The lowest BCUT2D eigenvalue weighted by molar-refractivity contribution is -0.114. The summed E-state index contributed by atoms with van der Waals surface area (Å²) in [7, 11) is 2.23. The Morgan fingerprint density at radius 2 is 1.85 bits per heavy atom. The third-order valence-electron chi connectivity index (χ3n) is 5.37. The molecular formula is C23H31N3O. The van der Waals surface area contributed by atoms with Crippen molar-refractivity contribution in [2.24, 2.45) is 0 Å². The minimum atomic E-state index is -0.0299. The molecule has 0 spiro atoms. The van der Waals surface area contributed by atoms with Crippen LogP contribution >= 0.6 is 0 Å². The summed E-state index contributed by atoms with van der Waals surface area (Å²) in [5, 5.41) is 2.82. The van der Waals surface area contributed by atoms with Gasteiger partial charge in [-0.1, -0.05) is 42.5 Å². The molecule has 27 heavy (non-hydrogen) atoms. The number of nitrogens with one attached hydrogen (secondary N) is 1. The first-order valence-corrected chi connectivity index (χ1v) is 9.93. The maximum atomic E-state index is 11.1. The molecule has 4 nitrogen and oxygen atoms in total. The summed E-state index contributed by atoms with van der Waals surface area (Å²) in [6.07, 6.45) is 3.66. The normalized spacial score (nSPS) is 17.8. The molecule has 1 aliphatic rings. The van der Waals surface area contributed by atoms with Gasteiger partial charge in [0, 0.05) is 38.3 Å². The fourth-order valence-electron chi connectivity index (χ4n) is 3.84. The molecule has 1 N–H and O–H groups in total. The van der Waals surface area contributed by atoms with Crippen molar-refractivity contribution in [2.75, 3.05) is 32.0 Å². The zero-order valence-corrected chi connectivity index (χ0v) is 16.5. The number of likely N-dealkylation sites (tertiary alicyclic amines) is 1. The van der Waals surface area contributed by atoms with Crippen LogP contribution in [0, 0.1) is 0 Å². The van der Waals surface area contributed by atoms with E-state index in [1.165, 1.54) is 37.4 Å². The van der Waals surface area contributed by atoms with Crippen LogP contribution in [0.5, 0.6) is 0 Å². The standard InChI is InChI=1S/C23H31N3O/c1-19(27)24-22-12-10-21(11-13-22)17-25(2)23-9-6-15-26(18-23)16-14-20-7-4-3-5-8-20/h3-5,7-8,10-13,23H,6,9,14-18H2,1-2H3,(H,24,27)/t23-/m1/s1. The third kappa shape index (κ3) is 6.19. The minimum absolute atomic E-state index is 0.0299. The number of carbonyl (C=O) groups is 1. The molecule has 1 atom stereocenters. The first-order chi connectivity index (χ1) is 13.1. The average molecular weight is 366 g/mol. The summed E-state index contributed by atoms with van der Waals surface area (Å²) in [4.78, 5) is 16.2. The summed E-state index contributed by atoms with van der Waals surface area (Å²) in [6, 6.07) is 19.6. The molecule has 1 aliphatic heterocycles. The SMILES string of the molecule is CC(=O)Nc1ccc(CN(C)[C@@H]2CCCN(CCc3ccccc3)C2)cc1. The number of piperidine rings is 1. The lowest BCUT2D eigenvalue weighted by Gasteiger charge is -2.37. The van der Waals surface area contributed by atoms with Crippen molar-refractivity contribution >= 4 is 11.6 Å². The summed E-state index contributed by atoms with van der Waals surface area (Å²) in [5.41, 5.74) is 3.57. The van der Waals surface area contributed by atoms with Crippen LogP contribution in [-0.4, -0.2) is 48.4 Å². The fraction of sp³-hybridized carbons (Fsp3) is 0.435. The molecule has 2 aromatic carbocycles. The molecule has 1 saturated heterocycles. The summed E-state index contributed by atoms with van der Waals surface area (Å²) in [5.74, 6) is -0.0299. The Hall–Kier alpha value is -2.17. The first kappa shape index (κ1) is 19.6. The minimum Gasteiger partial charge on any atom is -0.326 e. The Morgan fingerprint density at radius 3 is 2.56 bits per heavy atom. The fourth-order valence-corrected chi connectivity index (χ4v) is 3.84. The van der Waals surface area contributed by atoms with E-state index in [4.69, 9.17) is 0 Å². The zero-order chi connectivity index (χ0) is 19.1. The number of benzene rings is 2. The van der Waals surface area contributed by atoms with Crippen LogP contribution < -0.4 is 5.32 Å². The molecule has 1 fully saturated rings. The number of likely N-dealkylation sites (N-methyl/N-ethyl adjacent to an activating group) is 1. The molecule has 1 heterocycles. The number of rotatable bonds is 7. The Labute approximate surface area is 163 Å². The zero-order valence-electron chi connectivity index (χ0n) is 16.5. The highest BCUT2D eigenvalue weighted by molar-refractivity contribution is 5.88. The summed E-state index contributed by atoms with van der Waals surface area (Å²) < 4.78 is 0. The van der Waals surface area contributed by atoms with Crippen molar-refractivity contribution in [1.82, 2.24) is 9.80 Å². The van der Waals surface area contributed by atoms with Gasteiger partial charge in [0.15, 0.2) is 0 Å². The molecule has 144 valence electrons. The smallest absolute Gasteiger partial charge is 0.221 e. The molecule has 0 aliphatic carbocycles. The number of amides is 1. The van der Waals surface area contributed by atoms with Crippen LogP contribution in [0.1, 0.15) is 30.9 Å². The van der Waals surface area contributed by atoms with E-state index < -0.39 is 0 Å². The quantitative estimate of drug-likeness (QED) is 0.811. The van der Waals surface area contributed by atoms with Gasteiger partial charge in [0.1, 0.15) is 0 Å². The molecule has 3 rings (SSSR count). The monoisotopic (exact) mass is 365 g/mol. The van der Waals surface area contributed by atoms with Crippen molar-refractivity contribution in [3.63, 3.8) is 0 Å². The molecule has 0 aromatic heterocycles. The van der Waals surface area contributed by atoms with E-state index in [-0.39, 0.29) is 5.91 Å². The second kappa shape index (κ2) is 9.67. The Bertz CT molecular complexity index is 714. The number of anilines is 1. The van der Waals surface area contributed by atoms with E-state index in [1.54, 1.807) is 0 Å². The lowest BCUT2D eigenvalue weighted by Crippen LogP contribution is -2.46. The molecule has 0 bridgehead atoms. The van der Waals surface area contributed by atoms with E-state index in [9.17, 15) is 4.79 Å². The van der Waals surface area contributed by atoms with Crippen LogP contribution in [0.15, 0.2) is 54.6 Å². The van der Waals surface area contributed by atoms with Gasteiger partial charge in [-0.25, -0.2) is 0 Å². The number of hydrogen-bond donors (Lipinski definition) is 1. The van der Waals surface area contributed by atoms with Crippen LogP contribution in [0.4, 0.5) is 5.69 Å². The van der Waals surface area contributed by atoms with E-state index in [0.29, 0.717) is 6.04 Å². The highest BCUT2D eigenvalue weighted by atomic mass is 16.1. The molecular weight excluding hydrogens is 334 g/mol. The van der Waals surface area contributed by atoms with E-state index in [0.717, 1.165) is 31.7 Å². The molecule has 0 saturated carbocycles. The average Bonchev–Trinajstić information content (AvgIpc) is 2.68. The van der Waals surface area contributed by atoms with Gasteiger partial charge in [0.05, 0.1) is 0 Å². The van der Waals surface area contributed by atoms with Gasteiger partial charge >= 0.3 is 0 Å². The maximum absolute atomic E-state index is 11.1. The molecule has 0 radical (unpaired) electrons. The van der Waals surface area contributed by atoms with E-state index in [1.807, 2.05) is 12.1 Å². The first-order valence-electron chi connectivity index (χ1n) is 9.93. The number of nitrogens with zero attached hydrogens (tertiary/aromatic N) is 2. The van der Waals surface area contributed by atoms with Crippen LogP contribution in [0.25, 0.3) is 0 Å².